The third-order valence-electron chi connectivity index (χ3n) is 11.0. The fourth-order valence-electron chi connectivity index (χ4n) is 8.48. The van der Waals surface area contributed by atoms with Crippen LogP contribution in [0.25, 0.3) is 38.6 Å². The van der Waals surface area contributed by atoms with Crippen LogP contribution in [-0.2, 0) is 40.8 Å². The first-order valence-electron chi connectivity index (χ1n) is 18.9. The van der Waals surface area contributed by atoms with Gasteiger partial charge in [0.15, 0.2) is 5.82 Å². The number of halogens is 9. The Morgan fingerprint density at radius 2 is 1.60 bits per heavy atom. The van der Waals surface area contributed by atoms with Crippen molar-refractivity contribution >= 4 is 55.2 Å². The predicted molar refractivity (Wildman–Crippen MR) is 213 cm³/mol. The first-order valence-corrected chi connectivity index (χ1v) is 21.1. The number of aryl methyl sites for hydroxylation is 1. The SMILES string of the molecule is Cn1nc(NS(C)(=O)=O)c2c(Cl)ccc(-n3c([C@H](Cc4cc(F)cc(F)c4)NC(=O)Cn4nc(C(F)F)c5c4C(F)(F)[C@@H]4C[C@H]54)nc4cc(-c5cc(F)cc(F)c5)ccc4c3=O)c21. The van der Waals surface area contributed by atoms with E-state index in [2.05, 4.69) is 20.2 Å². The minimum Gasteiger partial charge on any atom is -0.344 e. The van der Waals surface area contributed by atoms with Gasteiger partial charge in [0.05, 0.1) is 44.8 Å². The number of carbonyl (C=O) groups is 1. The number of hydrogen-bond donors (Lipinski definition) is 2. The minimum absolute atomic E-state index is 0.0117. The van der Waals surface area contributed by atoms with E-state index in [0.717, 1.165) is 35.1 Å². The van der Waals surface area contributed by atoms with Crippen LogP contribution in [0.1, 0.15) is 53.1 Å². The molecule has 0 aliphatic heterocycles. The van der Waals surface area contributed by atoms with Crippen molar-refractivity contribution in [2.45, 2.75) is 43.7 Å². The van der Waals surface area contributed by atoms with E-state index in [1.54, 1.807) is 0 Å². The predicted octanol–water partition coefficient (Wildman–Crippen LogP) is 7.96. The number of fused-ring (bicyclic) bond motifs is 5. The van der Waals surface area contributed by atoms with Gasteiger partial charge in [-0.3, -0.25) is 28.2 Å². The van der Waals surface area contributed by atoms with Gasteiger partial charge < -0.3 is 5.32 Å². The van der Waals surface area contributed by atoms with E-state index in [4.69, 9.17) is 16.6 Å². The summed E-state index contributed by atoms with van der Waals surface area (Å²) in [4.78, 5) is 33.8. The molecule has 3 aromatic heterocycles. The molecule has 22 heteroatoms. The number of nitrogens with one attached hydrogen (secondary N) is 2. The van der Waals surface area contributed by atoms with Gasteiger partial charge in [0.2, 0.25) is 15.9 Å². The van der Waals surface area contributed by atoms with Crippen molar-refractivity contribution in [1.29, 1.82) is 0 Å². The van der Waals surface area contributed by atoms with Gasteiger partial charge in [-0.2, -0.15) is 19.0 Å². The van der Waals surface area contributed by atoms with E-state index in [1.165, 1.54) is 42.1 Å². The van der Waals surface area contributed by atoms with Gasteiger partial charge in [-0.05, 0) is 77.6 Å². The number of rotatable bonds is 11. The second-order valence-corrected chi connectivity index (χ2v) is 17.6. The lowest BCUT2D eigenvalue weighted by Gasteiger charge is -2.24. The number of aromatic nitrogens is 6. The molecule has 0 unspecified atom stereocenters. The Hall–Kier alpha value is -6.35. The van der Waals surface area contributed by atoms with Gasteiger partial charge >= 0.3 is 0 Å². The third-order valence-corrected chi connectivity index (χ3v) is 11.9. The Bertz CT molecular complexity index is 3230. The molecule has 2 aliphatic carbocycles. The highest BCUT2D eigenvalue weighted by molar-refractivity contribution is 7.92. The second-order valence-electron chi connectivity index (χ2n) is 15.4. The van der Waals surface area contributed by atoms with Crippen LogP contribution in [0.15, 0.2) is 71.5 Å². The van der Waals surface area contributed by atoms with Gasteiger partial charge in [-0.15, -0.1) is 0 Å². The molecule has 3 heterocycles. The molecular formula is C41H29ClF8N8O4S. The number of hydrogen-bond acceptors (Lipinski definition) is 7. The van der Waals surface area contributed by atoms with Crippen LogP contribution in [-0.4, -0.2) is 49.7 Å². The molecule has 0 radical (unpaired) electrons. The van der Waals surface area contributed by atoms with Gasteiger partial charge in [0.25, 0.3) is 17.9 Å². The molecule has 63 heavy (non-hydrogen) atoms. The lowest BCUT2D eigenvalue weighted by Crippen LogP contribution is -2.38. The monoisotopic (exact) mass is 916 g/mol. The molecule has 2 N–H and O–H groups in total. The van der Waals surface area contributed by atoms with Crippen molar-refractivity contribution < 1.29 is 48.3 Å². The summed E-state index contributed by atoms with van der Waals surface area (Å²) in [5, 5.41) is 10.4. The summed E-state index contributed by atoms with van der Waals surface area (Å²) in [7, 11) is -2.55. The lowest BCUT2D eigenvalue weighted by atomic mass is 10.0. The van der Waals surface area contributed by atoms with Gasteiger partial charge in [0.1, 0.15) is 47.0 Å². The maximum Gasteiger partial charge on any atom is 0.293 e. The second kappa shape index (κ2) is 14.9. The number of amides is 1. The Kier molecular flexibility index (Phi) is 9.92. The first-order chi connectivity index (χ1) is 29.7. The zero-order valence-corrected chi connectivity index (χ0v) is 34.0. The van der Waals surface area contributed by atoms with Crippen LogP contribution in [0, 0.1) is 29.2 Å². The van der Waals surface area contributed by atoms with Gasteiger partial charge in [0, 0.05) is 37.1 Å². The largest absolute Gasteiger partial charge is 0.344 e. The highest BCUT2D eigenvalue weighted by Gasteiger charge is 2.67. The van der Waals surface area contributed by atoms with Gasteiger partial charge in [-0.25, -0.2) is 39.7 Å². The van der Waals surface area contributed by atoms with Crippen molar-refractivity contribution in [1.82, 2.24) is 34.4 Å². The van der Waals surface area contributed by atoms with Crippen molar-refractivity contribution in [2.24, 2.45) is 13.0 Å². The van der Waals surface area contributed by atoms with E-state index in [9.17, 15) is 44.3 Å². The molecule has 3 atom stereocenters. The van der Waals surface area contributed by atoms with E-state index < -0.39 is 99.3 Å². The van der Waals surface area contributed by atoms with Crippen LogP contribution in [0.5, 0.6) is 0 Å². The summed E-state index contributed by atoms with van der Waals surface area (Å²) in [5.41, 5.74) is -2.91. The number of alkyl halides is 4. The van der Waals surface area contributed by atoms with Crippen LogP contribution < -0.4 is 15.6 Å². The van der Waals surface area contributed by atoms with Crippen molar-refractivity contribution in [3.8, 4) is 16.8 Å². The van der Waals surface area contributed by atoms with E-state index in [-0.39, 0.29) is 72.8 Å². The lowest BCUT2D eigenvalue weighted by molar-refractivity contribution is -0.123. The summed E-state index contributed by atoms with van der Waals surface area (Å²) < 4.78 is 147. The smallest absolute Gasteiger partial charge is 0.293 e. The fourth-order valence-corrected chi connectivity index (χ4v) is 9.22. The maximum absolute atomic E-state index is 15.5. The van der Waals surface area contributed by atoms with Crippen molar-refractivity contribution in [3.63, 3.8) is 0 Å². The Morgan fingerprint density at radius 1 is 0.937 bits per heavy atom. The third kappa shape index (κ3) is 7.45. The normalized spacial score (nSPS) is 17.0. The molecular weight excluding hydrogens is 888 g/mol. The molecule has 2 aliphatic rings. The molecule has 1 amide bonds. The Balaban J connectivity index is 1.26. The minimum atomic E-state index is -3.95. The quantitative estimate of drug-likeness (QED) is 0.125. The summed E-state index contributed by atoms with van der Waals surface area (Å²) in [6.07, 6.45) is -2.96. The zero-order chi connectivity index (χ0) is 45.0. The van der Waals surface area contributed by atoms with Crippen molar-refractivity contribution in [3.05, 3.63) is 134 Å². The fraction of sp³-hybridized carbons (Fsp3) is 0.244. The number of anilines is 1. The van der Waals surface area contributed by atoms with Crippen LogP contribution in [0.4, 0.5) is 40.9 Å². The van der Waals surface area contributed by atoms with E-state index >= 15 is 8.78 Å². The molecule has 0 bridgehead atoms. The highest BCUT2D eigenvalue weighted by atomic mass is 35.5. The molecule has 7 aromatic rings. The van der Waals surface area contributed by atoms with Crippen molar-refractivity contribution in [2.75, 3.05) is 11.0 Å². The summed E-state index contributed by atoms with van der Waals surface area (Å²) in [5.74, 6) is -11.3. The average molecular weight is 917 g/mol. The standard InChI is InChI=1S/C41H29ClF8N8O4S/c1-56-35-30(6-5-27(42)33(35)38(54-56)55-63(2,61)62)58-39(52-28-12-18(3-4-24(28)40(58)60)19-10-22(45)14-23(46)11-19)29(9-17-7-20(43)13-21(44)8-17)51-31(59)16-57-36-32(34(53-57)37(47)48)25-15-26(25)41(36,49)50/h3-8,10-14,25-26,29,37H,9,15-16H2,1-2H3,(H,51,59)(H,54,55)/t25-,26+,29-/m0/s1. The molecule has 1 fully saturated rings. The molecule has 4 aromatic carbocycles. The Labute approximate surface area is 355 Å². The number of benzene rings is 4. The molecule has 12 nitrogen and oxygen atoms in total. The summed E-state index contributed by atoms with van der Waals surface area (Å²) in [6, 6.07) is 10.2. The molecule has 9 rings (SSSR count). The number of nitrogens with zero attached hydrogens (tertiary/aromatic N) is 6. The summed E-state index contributed by atoms with van der Waals surface area (Å²) in [6.45, 7) is -1.04. The Morgan fingerprint density at radius 3 is 2.25 bits per heavy atom. The molecule has 0 saturated heterocycles. The number of carbonyl (C=O) groups excluding carboxylic acids is 1. The number of sulfonamides is 1. The topological polar surface area (TPSA) is 146 Å². The summed E-state index contributed by atoms with van der Waals surface area (Å²) >= 11 is 6.59. The average Bonchev–Trinajstić information content (AvgIpc) is 3.72. The van der Waals surface area contributed by atoms with Gasteiger partial charge in [-0.1, -0.05) is 17.7 Å². The molecule has 326 valence electrons. The van der Waals surface area contributed by atoms with Crippen LogP contribution >= 0.6 is 11.6 Å². The first kappa shape index (κ1) is 42.0. The van der Waals surface area contributed by atoms with Crippen LogP contribution in [0.2, 0.25) is 5.02 Å². The van der Waals surface area contributed by atoms with Crippen LogP contribution in [0.3, 0.4) is 0 Å². The molecule has 0 spiro atoms. The zero-order valence-electron chi connectivity index (χ0n) is 32.4. The van der Waals surface area contributed by atoms with E-state index in [1.807, 2.05) is 0 Å². The maximum atomic E-state index is 15.5. The van der Waals surface area contributed by atoms with E-state index in [0.29, 0.717) is 16.8 Å². The molecule has 1 saturated carbocycles. The highest BCUT2D eigenvalue weighted by Crippen LogP contribution is 2.68.